The van der Waals surface area contributed by atoms with E-state index < -0.39 is 14.6 Å². The maximum atomic E-state index is 12.1. The van der Waals surface area contributed by atoms with Gasteiger partial charge < -0.3 is 9.26 Å². The molecule has 0 aliphatic rings. The number of nitrogens with zero attached hydrogens (tertiary/aromatic N) is 4. The van der Waals surface area contributed by atoms with E-state index in [9.17, 15) is 8.42 Å². The zero-order valence-corrected chi connectivity index (χ0v) is 13.0. The number of sulfone groups is 1. The highest BCUT2D eigenvalue weighted by atomic mass is 32.2. The average molecular weight is 312 g/mol. The van der Waals surface area contributed by atoms with Crippen LogP contribution in [0.2, 0.25) is 0 Å². The molecule has 0 fully saturated rings. The molecule has 0 bridgehead atoms. The summed E-state index contributed by atoms with van der Waals surface area (Å²) in [6, 6.07) is 1.53. The first-order valence-electron chi connectivity index (χ1n) is 6.14. The highest BCUT2D eigenvalue weighted by Crippen LogP contribution is 2.22. The maximum Gasteiger partial charge on any atom is 0.242 e. The Balaban J connectivity index is 2.26. The lowest BCUT2D eigenvalue weighted by molar-refractivity contribution is 0.387. The second kappa shape index (κ2) is 5.40. The van der Waals surface area contributed by atoms with E-state index in [1.165, 1.54) is 19.5 Å². The fourth-order valence-corrected chi connectivity index (χ4v) is 2.25. The predicted octanol–water partition coefficient (Wildman–Crippen LogP) is 1.25. The van der Waals surface area contributed by atoms with Gasteiger partial charge >= 0.3 is 0 Å². The third-order valence-electron chi connectivity index (χ3n) is 2.79. The Morgan fingerprint density at radius 3 is 2.62 bits per heavy atom. The SMILES string of the molecule is COc1cc(-c2noc(CS(=O)(=O)C(C)(C)C)n2)ncn1. The highest BCUT2D eigenvalue weighted by Gasteiger charge is 2.31. The molecule has 0 spiro atoms. The Morgan fingerprint density at radius 2 is 2.00 bits per heavy atom. The van der Waals surface area contributed by atoms with Crippen LogP contribution in [0.5, 0.6) is 5.88 Å². The van der Waals surface area contributed by atoms with Gasteiger partial charge in [0.15, 0.2) is 9.84 Å². The molecule has 0 aliphatic heterocycles. The number of aromatic nitrogens is 4. The summed E-state index contributed by atoms with van der Waals surface area (Å²) < 4.78 is 33.3. The van der Waals surface area contributed by atoms with Crippen molar-refractivity contribution in [1.29, 1.82) is 0 Å². The summed E-state index contributed by atoms with van der Waals surface area (Å²) in [4.78, 5) is 11.9. The summed E-state index contributed by atoms with van der Waals surface area (Å²) in [7, 11) is -1.91. The van der Waals surface area contributed by atoms with Crippen molar-refractivity contribution < 1.29 is 17.7 Å². The van der Waals surface area contributed by atoms with Crippen molar-refractivity contribution in [3.8, 4) is 17.4 Å². The van der Waals surface area contributed by atoms with Gasteiger partial charge in [-0.2, -0.15) is 4.98 Å². The number of ether oxygens (including phenoxy) is 1. The Morgan fingerprint density at radius 1 is 1.29 bits per heavy atom. The van der Waals surface area contributed by atoms with Crippen LogP contribution in [0.4, 0.5) is 0 Å². The molecule has 9 heteroatoms. The molecule has 0 unspecified atom stereocenters. The fourth-order valence-electron chi connectivity index (χ4n) is 1.37. The van der Waals surface area contributed by atoms with Gasteiger partial charge in [-0.3, -0.25) is 0 Å². The van der Waals surface area contributed by atoms with E-state index in [0.717, 1.165) is 0 Å². The zero-order chi connectivity index (χ0) is 15.7. The third-order valence-corrected chi connectivity index (χ3v) is 5.29. The number of hydrogen-bond donors (Lipinski definition) is 0. The molecule has 2 aromatic rings. The Kier molecular flexibility index (Phi) is 3.95. The first kappa shape index (κ1) is 15.4. The largest absolute Gasteiger partial charge is 0.481 e. The van der Waals surface area contributed by atoms with E-state index in [4.69, 9.17) is 9.26 Å². The van der Waals surface area contributed by atoms with Gasteiger partial charge in [0, 0.05) is 6.07 Å². The molecule has 0 N–H and O–H groups in total. The Bertz CT molecular complexity index is 734. The van der Waals surface area contributed by atoms with Gasteiger partial charge in [-0.25, -0.2) is 18.4 Å². The first-order chi connectivity index (χ1) is 9.73. The molecule has 0 amide bonds. The van der Waals surface area contributed by atoms with Gasteiger partial charge in [0.2, 0.25) is 17.6 Å². The highest BCUT2D eigenvalue weighted by molar-refractivity contribution is 7.91. The van der Waals surface area contributed by atoms with Crippen molar-refractivity contribution in [2.24, 2.45) is 0 Å². The maximum absolute atomic E-state index is 12.1. The summed E-state index contributed by atoms with van der Waals surface area (Å²) >= 11 is 0. The van der Waals surface area contributed by atoms with E-state index in [1.54, 1.807) is 20.8 Å². The van der Waals surface area contributed by atoms with Gasteiger partial charge in [0.05, 0.1) is 11.9 Å². The predicted molar refractivity (Wildman–Crippen MR) is 74.3 cm³/mol. The van der Waals surface area contributed by atoms with Crippen molar-refractivity contribution in [2.45, 2.75) is 31.3 Å². The molecule has 0 saturated heterocycles. The molecule has 2 rings (SSSR count). The lowest BCUT2D eigenvalue weighted by Crippen LogP contribution is -2.29. The molecule has 0 atom stereocenters. The molecule has 0 aromatic carbocycles. The Hall–Kier alpha value is -2.03. The van der Waals surface area contributed by atoms with Crippen LogP contribution in [-0.2, 0) is 15.6 Å². The number of methoxy groups -OCH3 is 1. The molecular formula is C12H16N4O4S. The van der Waals surface area contributed by atoms with Crippen LogP contribution in [0, 0.1) is 0 Å². The van der Waals surface area contributed by atoms with Gasteiger partial charge in [-0.1, -0.05) is 5.16 Å². The van der Waals surface area contributed by atoms with E-state index in [1.807, 2.05) is 0 Å². The van der Waals surface area contributed by atoms with Crippen LogP contribution in [0.1, 0.15) is 26.7 Å². The van der Waals surface area contributed by atoms with Crippen LogP contribution < -0.4 is 4.74 Å². The van der Waals surface area contributed by atoms with Crippen LogP contribution >= 0.6 is 0 Å². The summed E-state index contributed by atoms with van der Waals surface area (Å²) in [5.74, 6) is 0.257. The molecule has 8 nitrogen and oxygen atoms in total. The standard InChI is InChI=1S/C12H16N4O4S/c1-12(2,3)21(17,18)6-10-15-11(16-20-10)8-5-9(19-4)14-7-13-8/h5,7H,6H2,1-4H3. The smallest absolute Gasteiger partial charge is 0.242 e. The Labute approximate surface area is 122 Å². The molecular weight excluding hydrogens is 296 g/mol. The molecule has 0 aliphatic carbocycles. The molecule has 0 saturated carbocycles. The monoisotopic (exact) mass is 312 g/mol. The van der Waals surface area contributed by atoms with Gasteiger partial charge in [-0.15, -0.1) is 0 Å². The van der Waals surface area contributed by atoms with E-state index in [-0.39, 0.29) is 17.5 Å². The van der Waals surface area contributed by atoms with Gasteiger partial charge in [0.1, 0.15) is 17.8 Å². The summed E-state index contributed by atoms with van der Waals surface area (Å²) in [5, 5.41) is 3.73. The lowest BCUT2D eigenvalue weighted by atomic mass is 10.3. The molecule has 21 heavy (non-hydrogen) atoms. The average Bonchev–Trinajstić information content (AvgIpc) is 2.85. The van der Waals surface area contributed by atoms with Crippen molar-refractivity contribution in [2.75, 3.05) is 7.11 Å². The van der Waals surface area contributed by atoms with Crippen molar-refractivity contribution in [1.82, 2.24) is 20.1 Å². The molecule has 0 radical (unpaired) electrons. The van der Waals surface area contributed by atoms with E-state index in [2.05, 4.69) is 20.1 Å². The minimum Gasteiger partial charge on any atom is -0.481 e. The van der Waals surface area contributed by atoms with Gasteiger partial charge in [0.25, 0.3) is 0 Å². The van der Waals surface area contributed by atoms with Gasteiger partial charge in [-0.05, 0) is 20.8 Å². The van der Waals surface area contributed by atoms with E-state index in [0.29, 0.717) is 11.6 Å². The van der Waals surface area contributed by atoms with Crippen LogP contribution in [0.25, 0.3) is 11.5 Å². The van der Waals surface area contributed by atoms with Crippen molar-refractivity contribution in [3.63, 3.8) is 0 Å². The van der Waals surface area contributed by atoms with Crippen molar-refractivity contribution >= 4 is 9.84 Å². The first-order valence-corrected chi connectivity index (χ1v) is 7.79. The molecule has 114 valence electrons. The summed E-state index contributed by atoms with van der Waals surface area (Å²) in [6.07, 6.45) is 1.30. The normalized spacial score (nSPS) is 12.4. The van der Waals surface area contributed by atoms with Crippen LogP contribution in [0.15, 0.2) is 16.9 Å². The lowest BCUT2D eigenvalue weighted by Gasteiger charge is -2.17. The topological polar surface area (TPSA) is 108 Å². The fraction of sp³-hybridized carbons (Fsp3) is 0.500. The third kappa shape index (κ3) is 3.35. The van der Waals surface area contributed by atoms with Crippen molar-refractivity contribution in [3.05, 3.63) is 18.3 Å². The molecule has 2 heterocycles. The van der Waals surface area contributed by atoms with E-state index >= 15 is 0 Å². The summed E-state index contributed by atoms with van der Waals surface area (Å²) in [5.41, 5.74) is 0.394. The molecule has 2 aromatic heterocycles. The zero-order valence-electron chi connectivity index (χ0n) is 12.2. The minimum absolute atomic E-state index is 0.0255. The second-order valence-corrected chi connectivity index (χ2v) is 8.07. The van der Waals surface area contributed by atoms with Crippen LogP contribution in [0.3, 0.4) is 0 Å². The number of hydrogen-bond acceptors (Lipinski definition) is 8. The summed E-state index contributed by atoms with van der Waals surface area (Å²) in [6.45, 7) is 4.86. The quantitative estimate of drug-likeness (QED) is 0.830. The second-order valence-electron chi connectivity index (χ2n) is 5.33. The minimum atomic E-state index is -3.39. The number of rotatable bonds is 4. The van der Waals surface area contributed by atoms with Crippen LogP contribution in [-0.4, -0.2) is 40.4 Å².